The van der Waals surface area contributed by atoms with E-state index in [-0.39, 0.29) is 11.6 Å². The minimum absolute atomic E-state index is 0.263. The zero-order valence-electron chi connectivity index (χ0n) is 16.0. The van der Waals surface area contributed by atoms with Crippen molar-refractivity contribution in [1.29, 1.82) is 5.26 Å². The summed E-state index contributed by atoms with van der Waals surface area (Å²) in [5.41, 5.74) is 4.05. The minimum atomic E-state index is -0.309. The van der Waals surface area contributed by atoms with Gasteiger partial charge >= 0.3 is 0 Å². The van der Waals surface area contributed by atoms with Crippen molar-refractivity contribution in [2.45, 2.75) is 26.7 Å². The van der Waals surface area contributed by atoms with E-state index in [1.807, 2.05) is 30.3 Å². The first kappa shape index (κ1) is 19.1. The standard InChI is InChI=1S/C22H21N5O/c1-14(2)17-7-9-18(10-8-17)25-21(28)20-11-15(3)24-22(27-20)26-19-6-4-5-16(12-19)13-23/h4-12,14H,1-3H3,(H,25,28)(H,24,26,27). The molecule has 2 aromatic carbocycles. The molecule has 0 spiro atoms. The van der Waals surface area contributed by atoms with Crippen molar-refractivity contribution >= 4 is 23.2 Å². The normalized spacial score (nSPS) is 10.4. The number of hydrogen-bond donors (Lipinski definition) is 2. The summed E-state index contributed by atoms with van der Waals surface area (Å²) in [5.74, 6) is 0.425. The number of benzene rings is 2. The third-order valence-electron chi connectivity index (χ3n) is 4.17. The quantitative estimate of drug-likeness (QED) is 0.674. The van der Waals surface area contributed by atoms with Crippen molar-refractivity contribution in [1.82, 2.24) is 9.97 Å². The van der Waals surface area contributed by atoms with Gasteiger partial charge in [0.05, 0.1) is 11.6 Å². The van der Waals surface area contributed by atoms with Gasteiger partial charge in [-0.3, -0.25) is 4.79 Å². The number of nitrogens with one attached hydrogen (secondary N) is 2. The first-order chi connectivity index (χ1) is 13.4. The van der Waals surface area contributed by atoms with Crippen molar-refractivity contribution in [3.8, 4) is 6.07 Å². The maximum Gasteiger partial charge on any atom is 0.274 e. The minimum Gasteiger partial charge on any atom is -0.324 e. The molecule has 6 heteroatoms. The van der Waals surface area contributed by atoms with Crippen LogP contribution in [-0.2, 0) is 0 Å². The fraction of sp³-hybridized carbons (Fsp3) is 0.182. The first-order valence-corrected chi connectivity index (χ1v) is 8.99. The number of carbonyl (C=O) groups excluding carboxylic acids is 1. The van der Waals surface area contributed by atoms with Crippen LogP contribution in [0, 0.1) is 18.3 Å². The molecule has 0 saturated carbocycles. The van der Waals surface area contributed by atoms with Crippen LogP contribution in [0.4, 0.5) is 17.3 Å². The molecule has 6 nitrogen and oxygen atoms in total. The second-order valence-electron chi connectivity index (χ2n) is 6.77. The van der Waals surface area contributed by atoms with Gasteiger partial charge in [0.25, 0.3) is 5.91 Å². The molecule has 3 aromatic rings. The SMILES string of the molecule is Cc1cc(C(=O)Nc2ccc(C(C)C)cc2)nc(Nc2cccc(C#N)c2)n1. The molecular formula is C22H21N5O. The molecule has 0 aliphatic heterocycles. The summed E-state index contributed by atoms with van der Waals surface area (Å²) < 4.78 is 0. The Kier molecular flexibility index (Phi) is 5.66. The number of aromatic nitrogens is 2. The molecule has 0 aliphatic carbocycles. The fourth-order valence-electron chi connectivity index (χ4n) is 2.68. The van der Waals surface area contributed by atoms with E-state index < -0.39 is 0 Å². The largest absolute Gasteiger partial charge is 0.324 e. The average molecular weight is 371 g/mol. The number of hydrogen-bond acceptors (Lipinski definition) is 5. The number of nitrogens with zero attached hydrogens (tertiary/aromatic N) is 3. The number of carbonyl (C=O) groups is 1. The number of anilines is 3. The summed E-state index contributed by atoms with van der Waals surface area (Å²) in [6.07, 6.45) is 0. The van der Waals surface area contributed by atoms with Gasteiger partial charge < -0.3 is 10.6 Å². The van der Waals surface area contributed by atoms with E-state index in [0.717, 1.165) is 0 Å². The van der Waals surface area contributed by atoms with Crippen LogP contribution in [0.15, 0.2) is 54.6 Å². The molecule has 0 unspecified atom stereocenters. The van der Waals surface area contributed by atoms with Crippen LogP contribution < -0.4 is 10.6 Å². The maximum atomic E-state index is 12.6. The lowest BCUT2D eigenvalue weighted by molar-refractivity contribution is 0.102. The predicted molar refractivity (Wildman–Crippen MR) is 110 cm³/mol. The smallest absolute Gasteiger partial charge is 0.274 e. The molecule has 1 heterocycles. The lowest BCUT2D eigenvalue weighted by Crippen LogP contribution is -2.15. The molecule has 0 aliphatic rings. The molecular weight excluding hydrogens is 350 g/mol. The second kappa shape index (κ2) is 8.31. The number of nitriles is 1. The zero-order valence-corrected chi connectivity index (χ0v) is 16.0. The highest BCUT2D eigenvalue weighted by Crippen LogP contribution is 2.19. The molecule has 0 radical (unpaired) electrons. The Balaban J connectivity index is 1.78. The zero-order chi connectivity index (χ0) is 20.1. The van der Waals surface area contributed by atoms with E-state index in [1.165, 1.54) is 5.56 Å². The summed E-state index contributed by atoms with van der Waals surface area (Å²) in [7, 11) is 0. The van der Waals surface area contributed by atoms with Crippen molar-refractivity contribution in [3.63, 3.8) is 0 Å². The van der Waals surface area contributed by atoms with Crippen LogP contribution in [0.1, 0.15) is 47.1 Å². The second-order valence-corrected chi connectivity index (χ2v) is 6.77. The molecule has 0 bridgehead atoms. The van der Waals surface area contributed by atoms with E-state index in [2.05, 4.69) is 40.5 Å². The van der Waals surface area contributed by atoms with E-state index in [0.29, 0.717) is 34.5 Å². The van der Waals surface area contributed by atoms with Crippen LogP contribution in [0.25, 0.3) is 0 Å². The van der Waals surface area contributed by atoms with Gasteiger partial charge in [-0.1, -0.05) is 32.0 Å². The van der Waals surface area contributed by atoms with Crippen LogP contribution in [0.5, 0.6) is 0 Å². The monoisotopic (exact) mass is 371 g/mol. The Morgan fingerprint density at radius 3 is 2.46 bits per heavy atom. The highest BCUT2D eigenvalue weighted by molar-refractivity contribution is 6.03. The van der Waals surface area contributed by atoms with E-state index in [9.17, 15) is 4.79 Å². The van der Waals surface area contributed by atoms with Crippen molar-refractivity contribution in [2.75, 3.05) is 10.6 Å². The van der Waals surface area contributed by atoms with Gasteiger partial charge in [-0.05, 0) is 54.8 Å². The first-order valence-electron chi connectivity index (χ1n) is 8.99. The summed E-state index contributed by atoms with van der Waals surface area (Å²) >= 11 is 0. The lowest BCUT2D eigenvalue weighted by atomic mass is 10.0. The molecule has 140 valence electrons. The van der Waals surface area contributed by atoms with Gasteiger partial charge in [0.2, 0.25) is 5.95 Å². The Hall–Kier alpha value is -3.72. The van der Waals surface area contributed by atoms with Crippen LogP contribution >= 0.6 is 0 Å². The van der Waals surface area contributed by atoms with Crippen LogP contribution in [0.3, 0.4) is 0 Å². The van der Waals surface area contributed by atoms with E-state index in [1.54, 1.807) is 31.2 Å². The Morgan fingerprint density at radius 1 is 1.04 bits per heavy atom. The number of aryl methyl sites for hydroxylation is 1. The summed E-state index contributed by atoms with van der Waals surface area (Å²) in [6, 6.07) is 18.5. The summed E-state index contributed by atoms with van der Waals surface area (Å²) in [6.45, 7) is 6.04. The van der Waals surface area contributed by atoms with Crippen molar-refractivity contribution < 1.29 is 4.79 Å². The summed E-state index contributed by atoms with van der Waals surface area (Å²) in [5, 5.41) is 14.9. The maximum absolute atomic E-state index is 12.6. The average Bonchev–Trinajstić information content (AvgIpc) is 2.68. The van der Waals surface area contributed by atoms with Gasteiger partial charge in [0.1, 0.15) is 5.69 Å². The van der Waals surface area contributed by atoms with Gasteiger partial charge in [-0.15, -0.1) is 0 Å². The highest BCUT2D eigenvalue weighted by Gasteiger charge is 2.12. The molecule has 0 atom stereocenters. The third kappa shape index (κ3) is 4.71. The fourth-order valence-corrected chi connectivity index (χ4v) is 2.68. The van der Waals surface area contributed by atoms with Gasteiger partial charge in [0, 0.05) is 17.1 Å². The topological polar surface area (TPSA) is 90.7 Å². The van der Waals surface area contributed by atoms with Gasteiger partial charge in [0.15, 0.2) is 0 Å². The Morgan fingerprint density at radius 2 is 1.79 bits per heavy atom. The molecule has 3 rings (SSSR count). The molecule has 1 amide bonds. The lowest BCUT2D eigenvalue weighted by Gasteiger charge is -2.10. The van der Waals surface area contributed by atoms with Crippen LogP contribution in [0.2, 0.25) is 0 Å². The van der Waals surface area contributed by atoms with Crippen LogP contribution in [-0.4, -0.2) is 15.9 Å². The molecule has 28 heavy (non-hydrogen) atoms. The van der Waals surface area contributed by atoms with Crippen molar-refractivity contribution in [3.05, 3.63) is 77.1 Å². The Bertz CT molecular complexity index is 1040. The van der Waals surface area contributed by atoms with Gasteiger partial charge in [-0.25, -0.2) is 9.97 Å². The Labute approximate surface area is 164 Å². The molecule has 1 aromatic heterocycles. The van der Waals surface area contributed by atoms with Crippen molar-refractivity contribution in [2.24, 2.45) is 0 Å². The summed E-state index contributed by atoms with van der Waals surface area (Å²) in [4.78, 5) is 21.2. The highest BCUT2D eigenvalue weighted by atomic mass is 16.1. The van der Waals surface area contributed by atoms with E-state index >= 15 is 0 Å². The molecule has 0 saturated heterocycles. The molecule has 2 N–H and O–H groups in total. The number of amides is 1. The van der Waals surface area contributed by atoms with Gasteiger partial charge in [-0.2, -0.15) is 5.26 Å². The van der Waals surface area contributed by atoms with E-state index in [4.69, 9.17) is 5.26 Å². The predicted octanol–water partition coefficient (Wildman–Crippen LogP) is 4.78. The number of rotatable bonds is 5. The molecule has 0 fully saturated rings. The third-order valence-corrected chi connectivity index (χ3v) is 4.17.